The first-order valence-electron chi connectivity index (χ1n) is 13.1. The molecule has 13 nitrogen and oxygen atoms in total. The highest BCUT2D eigenvalue weighted by Crippen LogP contribution is 2.36. The second-order valence-electron chi connectivity index (χ2n) is 10.0. The highest BCUT2D eigenvalue weighted by atomic mass is 32.2. The van der Waals surface area contributed by atoms with Gasteiger partial charge in [-0.3, -0.25) is 14.6 Å². The first-order valence-corrected chi connectivity index (χ1v) is 14.1. The average Bonchev–Trinajstić information content (AvgIpc) is 3.73. The van der Waals surface area contributed by atoms with Crippen LogP contribution in [0.2, 0.25) is 0 Å². The number of aromatic nitrogens is 5. The van der Waals surface area contributed by atoms with Crippen LogP contribution in [0.25, 0.3) is 10.9 Å². The maximum absolute atomic E-state index is 12.8. The fraction of sp³-hybridized carbons (Fsp3) is 0.333. The molecule has 3 atom stereocenters. The zero-order valence-electron chi connectivity index (χ0n) is 22.0. The first kappa shape index (κ1) is 25.5. The van der Waals surface area contributed by atoms with Gasteiger partial charge in [0.15, 0.2) is 0 Å². The molecule has 0 radical (unpaired) electrons. The summed E-state index contributed by atoms with van der Waals surface area (Å²) in [4.78, 5) is 38.2. The standard InChI is InChI=1S/C27H26N8O5S/c1-38-17-3-4-20-19(9-17)26(29-15-28-20)40-23-13-33(12-22(23)35-7-6-30-32-35)10-18-11-34(27(37)39-18)16-2-5-24-21(8-16)31-25(36)14-41-24/h2-9,15,18,22-23H,10-14H2,1H3,(H,31,36)/t18?,22-,23-/m1/s1. The Morgan fingerprint density at radius 3 is 2.90 bits per heavy atom. The van der Waals surface area contributed by atoms with Crippen LogP contribution in [-0.4, -0.2) is 93.1 Å². The number of hydrogen-bond donors (Lipinski definition) is 1. The lowest BCUT2D eigenvalue weighted by atomic mass is 10.2. The van der Waals surface area contributed by atoms with Crippen molar-refractivity contribution in [3.63, 3.8) is 0 Å². The number of rotatable bonds is 7. The van der Waals surface area contributed by atoms with Crippen molar-refractivity contribution in [3.8, 4) is 11.6 Å². The lowest BCUT2D eigenvalue weighted by Crippen LogP contribution is -2.34. The number of anilines is 2. The largest absolute Gasteiger partial charge is 0.497 e. The Hall–Kier alpha value is -4.43. The van der Waals surface area contributed by atoms with E-state index in [4.69, 9.17) is 14.2 Å². The molecule has 1 N–H and O–H groups in total. The molecule has 2 fully saturated rings. The van der Waals surface area contributed by atoms with Gasteiger partial charge in [0.1, 0.15) is 30.3 Å². The summed E-state index contributed by atoms with van der Waals surface area (Å²) < 4.78 is 19.4. The highest BCUT2D eigenvalue weighted by molar-refractivity contribution is 8.00. The van der Waals surface area contributed by atoms with E-state index in [0.29, 0.717) is 54.9 Å². The molecular weight excluding hydrogens is 548 g/mol. The van der Waals surface area contributed by atoms with Crippen LogP contribution in [0, 0.1) is 0 Å². The van der Waals surface area contributed by atoms with Crippen molar-refractivity contribution in [2.75, 3.05) is 49.3 Å². The number of methoxy groups -OCH3 is 1. The van der Waals surface area contributed by atoms with Crippen LogP contribution in [0.15, 0.2) is 60.0 Å². The summed E-state index contributed by atoms with van der Waals surface area (Å²) in [6, 6.07) is 11.1. The summed E-state index contributed by atoms with van der Waals surface area (Å²) in [7, 11) is 1.61. The summed E-state index contributed by atoms with van der Waals surface area (Å²) in [6.45, 7) is 2.10. The summed E-state index contributed by atoms with van der Waals surface area (Å²) in [6.07, 6.45) is 3.89. The lowest BCUT2D eigenvalue weighted by molar-refractivity contribution is -0.113. The number of likely N-dealkylation sites (tertiary alicyclic amines) is 1. The normalized spacial score (nSPS) is 22.5. The molecule has 210 valence electrons. The van der Waals surface area contributed by atoms with Gasteiger partial charge in [0, 0.05) is 36.4 Å². The fourth-order valence-corrected chi connectivity index (χ4v) is 6.27. The van der Waals surface area contributed by atoms with Crippen LogP contribution in [0.5, 0.6) is 11.6 Å². The van der Waals surface area contributed by atoms with E-state index in [0.717, 1.165) is 15.8 Å². The number of fused-ring (bicyclic) bond motifs is 2. The minimum Gasteiger partial charge on any atom is -0.497 e. The van der Waals surface area contributed by atoms with E-state index in [1.807, 2.05) is 42.6 Å². The van der Waals surface area contributed by atoms with E-state index in [9.17, 15) is 9.59 Å². The third kappa shape index (κ3) is 5.00. The number of cyclic esters (lactones) is 1. The fourth-order valence-electron chi connectivity index (χ4n) is 5.48. The van der Waals surface area contributed by atoms with Crippen LogP contribution in [-0.2, 0) is 9.53 Å². The average molecular weight is 575 g/mol. The van der Waals surface area contributed by atoms with Crippen molar-refractivity contribution < 1.29 is 23.8 Å². The van der Waals surface area contributed by atoms with Crippen molar-refractivity contribution >= 4 is 46.0 Å². The highest BCUT2D eigenvalue weighted by Gasteiger charge is 2.41. The number of ether oxygens (including phenoxy) is 3. The molecule has 3 aliphatic heterocycles. The van der Waals surface area contributed by atoms with Crippen LogP contribution >= 0.6 is 11.8 Å². The second-order valence-corrected chi connectivity index (χ2v) is 11.0. The Bertz CT molecular complexity index is 1620. The number of amides is 2. The van der Waals surface area contributed by atoms with Crippen LogP contribution < -0.4 is 19.7 Å². The van der Waals surface area contributed by atoms with Gasteiger partial charge in [-0.25, -0.2) is 19.4 Å². The maximum Gasteiger partial charge on any atom is 0.414 e. The molecule has 2 aromatic carbocycles. The van der Waals surface area contributed by atoms with Crippen molar-refractivity contribution in [3.05, 3.63) is 55.1 Å². The van der Waals surface area contributed by atoms with Gasteiger partial charge in [-0.2, -0.15) is 0 Å². The molecule has 2 saturated heterocycles. The third-order valence-corrected chi connectivity index (χ3v) is 8.48. The minimum atomic E-state index is -0.411. The van der Waals surface area contributed by atoms with Gasteiger partial charge in [0.25, 0.3) is 0 Å². The zero-order chi connectivity index (χ0) is 27.9. The molecule has 0 bridgehead atoms. The number of nitrogens with one attached hydrogen (secondary N) is 1. The molecule has 14 heteroatoms. The van der Waals surface area contributed by atoms with Gasteiger partial charge in [-0.15, -0.1) is 16.9 Å². The molecule has 5 heterocycles. The summed E-state index contributed by atoms with van der Waals surface area (Å²) in [5, 5.41) is 11.9. The van der Waals surface area contributed by atoms with Gasteiger partial charge in [0.05, 0.1) is 42.2 Å². The molecular formula is C27H26N8O5S. The molecule has 0 saturated carbocycles. The van der Waals surface area contributed by atoms with E-state index in [1.54, 1.807) is 22.9 Å². The van der Waals surface area contributed by atoms with Crippen molar-refractivity contribution in [2.24, 2.45) is 0 Å². The molecule has 3 aliphatic rings. The smallest absolute Gasteiger partial charge is 0.414 e. The summed E-state index contributed by atoms with van der Waals surface area (Å²) in [5.41, 5.74) is 2.15. The van der Waals surface area contributed by atoms with Crippen molar-refractivity contribution in [1.82, 2.24) is 29.9 Å². The predicted molar refractivity (Wildman–Crippen MR) is 149 cm³/mol. The Morgan fingerprint density at radius 1 is 1.12 bits per heavy atom. The molecule has 0 aliphatic carbocycles. The SMILES string of the molecule is COc1ccc2ncnc(O[C@@H]3CN(CC4CN(c5ccc6c(c5)NC(=O)CS6)C(=O)O4)C[C@H]3n3ccnn3)c2c1. The number of hydrogen-bond acceptors (Lipinski definition) is 11. The van der Waals surface area contributed by atoms with Crippen LogP contribution in [0.4, 0.5) is 16.2 Å². The Labute approximate surface area is 238 Å². The van der Waals surface area contributed by atoms with Gasteiger partial charge in [0.2, 0.25) is 11.8 Å². The van der Waals surface area contributed by atoms with Gasteiger partial charge >= 0.3 is 6.09 Å². The predicted octanol–water partition coefficient (Wildman–Crippen LogP) is 2.60. The number of thioether (sulfide) groups is 1. The van der Waals surface area contributed by atoms with E-state index in [2.05, 4.69) is 30.5 Å². The van der Waals surface area contributed by atoms with Crippen molar-refractivity contribution in [1.29, 1.82) is 0 Å². The first-order chi connectivity index (χ1) is 20.0. The molecule has 1 unspecified atom stereocenters. The van der Waals surface area contributed by atoms with Gasteiger partial charge in [-0.1, -0.05) is 5.21 Å². The van der Waals surface area contributed by atoms with Gasteiger partial charge in [-0.05, 0) is 36.4 Å². The number of nitrogens with zero attached hydrogens (tertiary/aromatic N) is 7. The zero-order valence-corrected chi connectivity index (χ0v) is 22.9. The molecule has 41 heavy (non-hydrogen) atoms. The monoisotopic (exact) mass is 574 g/mol. The maximum atomic E-state index is 12.8. The Morgan fingerprint density at radius 2 is 2.05 bits per heavy atom. The molecule has 0 spiro atoms. The van der Waals surface area contributed by atoms with Crippen molar-refractivity contribution in [2.45, 2.75) is 23.1 Å². The van der Waals surface area contributed by atoms with Crippen LogP contribution in [0.1, 0.15) is 6.04 Å². The van der Waals surface area contributed by atoms with E-state index in [-0.39, 0.29) is 24.2 Å². The molecule has 2 aromatic heterocycles. The number of benzene rings is 2. The Balaban J connectivity index is 1.08. The van der Waals surface area contributed by atoms with E-state index >= 15 is 0 Å². The van der Waals surface area contributed by atoms with E-state index < -0.39 is 6.09 Å². The number of carbonyl (C=O) groups is 2. The summed E-state index contributed by atoms with van der Waals surface area (Å²) in [5.74, 6) is 1.48. The lowest BCUT2D eigenvalue weighted by Gasteiger charge is -2.21. The topological polar surface area (TPSA) is 137 Å². The second kappa shape index (κ2) is 10.5. The molecule has 2 amide bonds. The van der Waals surface area contributed by atoms with Gasteiger partial charge < -0.3 is 19.5 Å². The summed E-state index contributed by atoms with van der Waals surface area (Å²) >= 11 is 1.48. The minimum absolute atomic E-state index is 0.0524. The van der Waals surface area contributed by atoms with Crippen LogP contribution in [0.3, 0.4) is 0 Å². The number of carbonyl (C=O) groups excluding carboxylic acids is 2. The van der Waals surface area contributed by atoms with E-state index in [1.165, 1.54) is 18.1 Å². The Kier molecular flexibility index (Phi) is 6.55. The third-order valence-electron chi connectivity index (χ3n) is 7.41. The molecule has 7 rings (SSSR count). The quantitative estimate of drug-likeness (QED) is 0.349. The molecule has 4 aromatic rings.